The minimum atomic E-state index is -3.76. The van der Waals surface area contributed by atoms with Gasteiger partial charge in [-0.3, -0.25) is 5.01 Å². The maximum atomic E-state index is 12.8. The zero-order valence-corrected chi connectivity index (χ0v) is 6.61. The first kappa shape index (κ1) is 9.82. The van der Waals surface area contributed by atoms with Crippen molar-refractivity contribution in [2.75, 3.05) is 13.1 Å². The Hall–Kier alpha value is -1.27. The molecule has 1 aliphatic heterocycles. The van der Waals surface area contributed by atoms with Crippen molar-refractivity contribution in [1.29, 1.82) is 0 Å². The first-order valence-electron chi connectivity index (χ1n) is 3.68. The third kappa shape index (κ3) is 1.73. The van der Waals surface area contributed by atoms with Crippen molar-refractivity contribution in [3.05, 3.63) is 4.91 Å². The second kappa shape index (κ2) is 3.23. The fourth-order valence-corrected chi connectivity index (χ4v) is 1.29. The van der Waals surface area contributed by atoms with Crippen LogP contribution in [-0.2, 0) is 4.79 Å². The highest BCUT2D eigenvalue weighted by Crippen LogP contribution is 2.32. The molecule has 0 aromatic carbocycles. The Morgan fingerprint density at radius 2 is 2.23 bits per heavy atom. The zero-order chi connectivity index (χ0) is 10.1. The van der Waals surface area contributed by atoms with Crippen LogP contribution in [0.2, 0.25) is 0 Å². The van der Waals surface area contributed by atoms with Crippen LogP contribution in [0.3, 0.4) is 0 Å². The number of carboxylic acids is 1. The average Bonchev–Trinajstić information content (AvgIpc) is 2.51. The maximum Gasteiger partial charge on any atom is 0.374 e. The minimum absolute atomic E-state index is 0.0228. The summed E-state index contributed by atoms with van der Waals surface area (Å²) in [6.45, 7) is -0.195. The fourth-order valence-electron chi connectivity index (χ4n) is 1.29. The molecular formula is C6H8F2N2O3. The van der Waals surface area contributed by atoms with Gasteiger partial charge < -0.3 is 5.11 Å². The number of rotatable bonds is 3. The molecule has 0 saturated carbocycles. The largest absolute Gasteiger partial charge is 0.477 e. The smallest absolute Gasteiger partial charge is 0.374 e. The zero-order valence-electron chi connectivity index (χ0n) is 6.61. The highest BCUT2D eigenvalue weighted by atomic mass is 19.3. The molecule has 1 saturated heterocycles. The van der Waals surface area contributed by atoms with Crippen molar-refractivity contribution < 1.29 is 18.7 Å². The van der Waals surface area contributed by atoms with Gasteiger partial charge in [0, 0.05) is 13.1 Å². The van der Waals surface area contributed by atoms with E-state index < -0.39 is 17.8 Å². The van der Waals surface area contributed by atoms with E-state index in [1.807, 2.05) is 0 Å². The molecule has 0 bridgehead atoms. The molecular weight excluding hydrogens is 186 g/mol. The Kier molecular flexibility index (Phi) is 2.44. The second-order valence-electron chi connectivity index (χ2n) is 2.91. The van der Waals surface area contributed by atoms with E-state index in [-0.39, 0.29) is 19.5 Å². The van der Waals surface area contributed by atoms with Gasteiger partial charge in [0.2, 0.25) is 0 Å². The number of nitroso groups, excluding NO2 is 1. The number of aliphatic carboxylic acids is 1. The van der Waals surface area contributed by atoms with E-state index in [1.165, 1.54) is 0 Å². The van der Waals surface area contributed by atoms with Gasteiger partial charge in [-0.1, -0.05) is 0 Å². The molecule has 0 aliphatic carbocycles. The number of alkyl halides is 2. The van der Waals surface area contributed by atoms with E-state index in [4.69, 9.17) is 5.11 Å². The summed E-state index contributed by atoms with van der Waals surface area (Å²) in [5.74, 6) is -7.23. The minimum Gasteiger partial charge on any atom is -0.477 e. The van der Waals surface area contributed by atoms with Crippen LogP contribution in [-0.4, -0.2) is 35.1 Å². The third-order valence-corrected chi connectivity index (χ3v) is 2.08. The van der Waals surface area contributed by atoms with Crippen molar-refractivity contribution in [3.63, 3.8) is 0 Å². The summed E-state index contributed by atoms with van der Waals surface area (Å²) in [6, 6.07) is 0. The molecule has 0 radical (unpaired) electrons. The first-order valence-corrected chi connectivity index (χ1v) is 3.68. The van der Waals surface area contributed by atoms with E-state index in [9.17, 15) is 18.5 Å². The molecule has 1 heterocycles. The van der Waals surface area contributed by atoms with Gasteiger partial charge in [-0.05, 0) is 6.42 Å². The summed E-state index contributed by atoms with van der Waals surface area (Å²) in [6.07, 6.45) is -0.0228. The first-order chi connectivity index (χ1) is 5.98. The Balaban J connectivity index is 2.64. The summed E-state index contributed by atoms with van der Waals surface area (Å²) in [7, 11) is 0. The molecule has 0 aromatic rings. The Morgan fingerprint density at radius 3 is 2.62 bits per heavy atom. The molecule has 1 rings (SSSR count). The van der Waals surface area contributed by atoms with E-state index >= 15 is 0 Å². The Labute approximate surface area is 72.3 Å². The van der Waals surface area contributed by atoms with E-state index in [2.05, 4.69) is 5.29 Å². The Bertz CT molecular complexity index is 234. The molecule has 74 valence electrons. The molecule has 1 aliphatic rings. The van der Waals surface area contributed by atoms with Crippen molar-refractivity contribution in [2.45, 2.75) is 12.3 Å². The number of nitrogens with zero attached hydrogens (tertiary/aromatic N) is 2. The molecule has 1 atom stereocenters. The predicted octanol–water partition coefficient (Wildman–Crippen LogP) is 0.710. The van der Waals surface area contributed by atoms with Gasteiger partial charge in [0.1, 0.15) is 0 Å². The molecule has 1 unspecified atom stereocenters. The summed E-state index contributed by atoms with van der Waals surface area (Å²) >= 11 is 0. The number of carbonyl (C=O) groups is 1. The lowest BCUT2D eigenvalue weighted by molar-refractivity contribution is -0.172. The number of carboxylic acid groups (broad SMARTS) is 1. The Morgan fingerprint density at radius 1 is 1.62 bits per heavy atom. The summed E-state index contributed by atoms with van der Waals surface area (Å²) in [5, 5.41) is 11.6. The van der Waals surface area contributed by atoms with Crippen LogP contribution in [0.4, 0.5) is 8.78 Å². The quantitative estimate of drug-likeness (QED) is 0.671. The molecule has 0 aromatic heterocycles. The van der Waals surface area contributed by atoms with Gasteiger partial charge in [-0.15, -0.1) is 4.91 Å². The molecule has 13 heavy (non-hydrogen) atoms. The fraction of sp³-hybridized carbons (Fsp3) is 0.833. The van der Waals surface area contributed by atoms with E-state index in [0.717, 1.165) is 5.01 Å². The maximum absolute atomic E-state index is 12.8. The predicted molar refractivity (Wildman–Crippen MR) is 38.1 cm³/mol. The van der Waals surface area contributed by atoms with Crippen molar-refractivity contribution >= 4 is 5.97 Å². The molecule has 7 heteroatoms. The highest BCUT2D eigenvalue weighted by molar-refractivity contribution is 5.75. The van der Waals surface area contributed by atoms with Gasteiger partial charge >= 0.3 is 11.9 Å². The van der Waals surface area contributed by atoms with Crippen LogP contribution in [0.1, 0.15) is 6.42 Å². The van der Waals surface area contributed by atoms with Crippen molar-refractivity contribution in [3.8, 4) is 0 Å². The van der Waals surface area contributed by atoms with Gasteiger partial charge in [0.05, 0.1) is 11.2 Å². The lowest BCUT2D eigenvalue weighted by Crippen LogP contribution is -2.38. The standard InChI is InChI=1S/C6H8F2N2O3/c7-6(8,5(11)12)4-1-2-10(3-4)9-13/h4H,1-3H2,(H,11,12). The molecule has 1 N–H and O–H groups in total. The highest BCUT2D eigenvalue weighted by Gasteiger charge is 2.50. The SMILES string of the molecule is O=NN1CCC(C(F)(F)C(=O)O)C1. The van der Waals surface area contributed by atoms with Gasteiger partial charge in [0.25, 0.3) is 0 Å². The van der Waals surface area contributed by atoms with Crippen LogP contribution < -0.4 is 0 Å². The van der Waals surface area contributed by atoms with Crippen LogP contribution in [0, 0.1) is 10.8 Å². The number of halogens is 2. The average molecular weight is 194 g/mol. The molecule has 1 fully saturated rings. The topological polar surface area (TPSA) is 70.0 Å². The van der Waals surface area contributed by atoms with Crippen molar-refractivity contribution in [2.24, 2.45) is 11.2 Å². The molecule has 5 nitrogen and oxygen atoms in total. The van der Waals surface area contributed by atoms with Gasteiger partial charge in [-0.25, -0.2) is 4.79 Å². The van der Waals surface area contributed by atoms with Crippen LogP contribution in [0.15, 0.2) is 5.29 Å². The second-order valence-corrected chi connectivity index (χ2v) is 2.91. The normalized spacial score (nSPS) is 23.2. The van der Waals surface area contributed by atoms with Crippen LogP contribution in [0.25, 0.3) is 0 Å². The summed E-state index contributed by atoms with van der Waals surface area (Å²) < 4.78 is 25.6. The molecule has 0 amide bonds. The van der Waals surface area contributed by atoms with Gasteiger partial charge in [0.15, 0.2) is 0 Å². The van der Waals surface area contributed by atoms with E-state index in [1.54, 1.807) is 0 Å². The van der Waals surface area contributed by atoms with Crippen LogP contribution in [0.5, 0.6) is 0 Å². The van der Waals surface area contributed by atoms with Gasteiger partial charge in [-0.2, -0.15) is 8.78 Å². The third-order valence-electron chi connectivity index (χ3n) is 2.08. The lowest BCUT2D eigenvalue weighted by atomic mass is 10.0. The number of hydrogen-bond donors (Lipinski definition) is 1. The van der Waals surface area contributed by atoms with E-state index in [0.29, 0.717) is 0 Å². The van der Waals surface area contributed by atoms with Crippen molar-refractivity contribution in [1.82, 2.24) is 5.01 Å². The molecule has 0 spiro atoms. The lowest BCUT2D eigenvalue weighted by Gasteiger charge is -2.17. The summed E-state index contributed by atoms with van der Waals surface area (Å²) in [5.41, 5.74) is 0. The van der Waals surface area contributed by atoms with Crippen LogP contribution >= 0.6 is 0 Å². The monoisotopic (exact) mass is 194 g/mol. The number of hydrogen-bond acceptors (Lipinski definition) is 3. The summed E-state index contributed by atoms with van der Waals surface area (Å²) in [4.78, 5) is 20.1.